The van der Waals surface area contributed by atoms with Gasteiger partial charge in [0.2, 0.25) is 0 Å². The molecule has 0 spiro atoms. The van der Waals surface area contributed by atoms with Crippen molar-refractivity contribution in [2.75, 3.05) is 0 Å². The summed E-state index contributed by atoms with van der Waals surface area (Å²) in [6.45, 7) is 0. The van der Waals surface area contributed by atoms with Crippen molar-refractivity contribution in [3.05, 3.63) is 36.2 Å². The molecule has 0 saturated heterocycles. The number of fused-ring (bicyclic) bond motifs is 1. The first-order valence-electron chi connectivity index (χ1n) is 5.18. The van der Waals surface area contributed by atoms with Crippen molar-refractivity contribution in [1.82, 2.24) is 10.2 Å². The van der Waals surface area contributed by atoms with Crippen LogP contribution in [0.4, 0.5) is 0 Å². The third kappa shape index (κ3) is 1.59. The average molecular weight is 200 g/mol. The standard InChI is InChI=1S/C12H12N2O/c15-12(4-5-12)6-9-2-1-3-10-7-13-14-8-11(9)10/h1-3,7-8,15H,4-6H2. The van der Waals surface area contributed by atoms with Crippen LogP contribution in [0.25, 0.3) is 10.8 Å². The van der Waals surface area contributed by atoms with Crippen LogP contribution in [-0.2, 0) is 6.42 Å². The Morgan fingerprint density at radius 1 is 1.20 bits per heavy atom. The SMILES string of the molecule is OC1(Cc2cccc3cnncc23)CC1. The molecule has 3 rings (SSSR count). The maximum atomic E-state index is 9.91. The van der Waals surface area contributed by atoms with Crippen LogP contribution in [0.5, 0.6) is 0 Å². The van der Waals surface area contributed by atoms with Gasteiger partial charge in [0.15, 0.2) is 0 Å². The van der Waals surface area contributed by atoms with E-state index < -0.39 is 5.60 Å². The Balaban J connectivity index is 2.09. The van der Waals surface area contributed by atoms with Crippen LogP contribution in [-0.4, -0.2) is 20.9 Å². The number of nitrogens with zero attached hydrogens (tertiary/aromatic N) is 2. The lowest BCUT2D eigenvalue weighted by molar-refractivity contribution is 0.151. The van der Waals surface area contributed by atoms with E-state index in [1.54, 1.807) is 12.4 Å². The van der Waals surface area contributed by atoms with Crippen molar-refractivity contribution < 1.29 is 5.11 Å². The van der Waals surface area contributed by atoms with Gasteiger partial charge in [0.05, 0.1) is 18.0 Å². The Labute approximate surface area is 87.8 Å². The largest absolute Gasteiger partial charge is 0.390 e. The van der Waals surface area contributed by atoms with Crippen LogP contribution in [0.2, 0.25) is 0 Å². The fourth-order valence-electron chi connectivity index (χ4n) is 1.92. The number of benzene rings is 1. The minimum Gasteiger partial charge on any atom is -0.390 e. The zero-order chi connectivity index (χ0) is 10.3. The lowest BCUT2D eigenvalue weighted by Crippen LogP contribution is -2.10. The molecule has 2 aromatic rings. The van der Waals surface area contributed by atoms with E-state index in [-0.39, 0.29) is 0 Å². The molecule has 0 radical (unpaired) electrons. The van der Waals surface area contributed by atoms with Gasteiger partial charge in [-0.25, -0.2) is 0 Å². The summed E-state index contributed by atoms with van der Waals surface area (Å²) in [6.07, 6.45) is 6.10. The van der Waals surface area contributed by atoms with Crippen LogP contribution < -0.4 is 0 Å². The highest BCUT2D eigenvalue weighted by Crippen LogP contribution is 2.39. The number of hydrogen-bond acceptors (Lipinski definition) is 3. The van der Waals surface area contributed by atoms with Gasteiger partial charge in [0.25, 0.3) is 0 Å². The van der Waals surface area contributed by atoms with Crippen LogP contribution in [0.3, 0.4) is 0 Å². The first-order chi connectivity index (χ1) is 7.27. The smallest absolute Gasteiger partial charge is 0.0690 e. The van der Waals surface area contributed by atoms with E-state index in [9.17, 15) is 5.11 Å². The highest BCUT2D eigenvalue weighted by molar-refractivity contribution is 5.84. The molecular weight excluding hydrogens is 188 g/mol. The number of hydrogen-bond donors (Lipinski definition) is 1. The molecule has 0 unspecified atom stereocenters. The second kappa shape index (κ2) is 3.00. The zero-order valence-corrected chi connectivity index (χ0v) is 8.35. The van der Waals surface area contributed by atoms with Crippen molar-refractivity contribution in [3.63, 3.8) is 0 Å². The van der Waals surface area contributed by atoms with Crippen molar-refractivity contribution in [1.29, 1.82) is 0 Å². The first kappa shape index (κ1) is 8.80. The van der Waals surface area contributed by atoms with Crippen molar-refractivity contribution >= 4 is 10.8 Å². The quantitative estimate of drug-likeness (QED) is 0.802. The van der Waals surface area contributed by atoms with E-state index in [2.05, 4.69) is 16.3 Å². The molecule has 1 heterocycles. The Kier molecular flexibility index (Phi) is 1.76. The van der Waals surface area contributed by atoms with E-state index in [4.69, 9.17) is 0 Å². The summed E-state index contributed by atoms with van der Waals surface area (Å²) < 4.78 is 0. The second-order valence-corrected chi connectivity index (χ2v) is 4.31. The Morgan fingerprint density at radius 3 is 2.80 bits per heavy atom. The summed E-state index contributed by atoms with van der Waals surface area (Å²) in [5, 5.41) is 19.8. The summed E-state index contributed by atoms with van der Waals surface area (Å²) in [5.74, 6) is 0. The van der Waals surface area contributed by atoms with Crippen LogP contribution in [0.1, 0.15) is 18.4 Å². The highest BCUT2D eigenvalue weighted by Gasteiger charge is 2.40. The van der Waals surface area contributed by atoms with Gasteiger partial charge in [-0.3, -0.25) is 0 Å². The molecule has 1 N–H and O–H groups in total. The molecule has 0 amide bonds. The molecule has 1 aromatic heterocycles. The fraction of sp³-hybridized carbons (Fsp3) is 0.333. The van der Waals surface area contributed by atoms with Crippen molar-refractivity contribution in [2.45, 2.75) is 24.9 Å². The first-order valence-corrected chi connectivity index (χ1v) is 5.18. The van der Waals surface area contributed by atoms with E-state index in [1.807, 2.05) is 12.1 Å². The number of rotatable bonds is 2. The minimum atomic E-state index is -0.447. The summed E-state index contributed by atoms with van der Waals surface area (Å²) in [6, 6.07) is 6.08. The zero-order valence-electron chi connectivity index (χ0n) is 8.35. The summed E-state index contributed by atoms with van der Waals surface area (Å²) in [5.41, 5.74) is 0.722. The molecule has 15 heavy (non-hydrogen) atoms. The molecule has 76 valence electrons. The minimum absolute atomic E-state index is 0.447. The van der Waals surface area contributed by atoms with E-state index in [0.717, 1.165) is 30.0 Å². The molecule has 1 aliphatic rings. The molecule has 3 heteroatoms. The van der Waals surface area contributed by atoms with Gasteiger partial charge in [-0.05, 0) is 18.4 Å². The van der Waals surface area contributed by atoms with Crippen molar-refractivity contribution in [2.24, 2.45) is 0 Å². The number of aliphatic hydroxyl groups is 1. The monoisotopic (exact) mass is 200 g/mol. The van der Waals surface area contributed by atoms with Gasteiger partial charge in [-0.2, -0.15) is 10.2 Å². The topological polar surface area (TPSA) is 46.0 Å². The van der Waals surface area contributed by atoms with Crippen LogP contribution in [0, 0.1) is 0 Å². The third-order valence-corrected chi connectivity index (χ3v) is 3.03. The molecular formula is C12H12N2O. The molecule has 0 bridgehead atoms. The van der Waals surface area contributed by atoms with Gasteiger partial charge >= 0.3 is 0 Å². The molecule has 1 fully saturated rings. The molecule has 1 saturated carbocycles. The summed E-state index contributed by atoms with van der Waals surface area (Å²) in [4.78, 5) is 0. The van der Waals surface area contributed by atoms with Gasteiger partial charge in [0, 0.05) is 17.2 Å². The van der Waals surface area contributed by atoms with E-state index in [0.29, 0.717) is 0 Å². The lowest BCUT2D eigenvalue weighted by Gasteiger charge is -2.09. The average Bonchev–Trinajstić information content (AvgIpc) is 2.97. The van der Waals surface area contributed by atoms with Crippen LogP contribution >= 0.6 is 0 Å². The Morgan fingerprint density at radius 2 is 2.00 bits per heavy atom. The molecule has 3 nitrogen and oxygen atoms in total. The Bertz CT molecular complexity index is 500. The molecule has 1 aliphatic carbocycles. The Hall–Kier alpha value is -1.48. The predicted octanol–water partition coefficient (Wildman–Crippen LogP) is 1.70. The van der Waals surface area contributed by atoms with Gasteiger partial charge in [-0.15, -0.1) is 0 Å². The van der Waals surface area contributed by atoms with Crippen molar-refractivity contribution in [3.8, 4) is 0 Å². The highest BCUT2D eigenvalue weighted by atomic mass is 16.3. The normalized spacial score (nSPS) is 17.9. The van der Waals surface area contributed by atoms with Gasteiger partial charge < -0.3 is 5.11 Å². The third-order valence-electron chi connectivity index (χ3n) is 3.03. The van der Waals surface area contributed by atoms with E-state index in [1.165, 1.54) is 5.56 Å². The second-order valence-electron chi connectivity index (χ2n) is 4.31. The van der Waals surface area contributed by atoms with Gasteiger partial charge in [0.1, 0.15) is 0 Å². The summed E-state index contributed by atoms with van der Waals surface area (Å²) >= 11 is 0. The number of aromatic nitrogens is 2. The summed E-state index contributed by atoms with van der Waals surface area (Å²) in [7, 11) is 0. The van der Waals surface area contributed by atoms with Crippen LogP contribution in [0.15, 0.2) is 30.6 Å². The van der Waals surface area contributed by atoms with Gasteiger partial charge in [-0.1, -0.05) is 18.2 Å². The maximum absolute atomic E-state index is 9.91. The fourth-order valence-corrected chi connectivity index (χ4v) is 1.92. The molecule has 1 aromatic carbocycles. The maximum Gasteiger partial charge on any atom is 0.0690 e. The molecule has 0 atom stereocenters. The lowest BCUT2D eigenvalue weighted by atomic mass is 10.0. The molecule has 0 aliphatic heterocycles. The predicted molar refractivity (Wildman–Crippen MR) is 57.4 cm³/mol. The van der Waals surface area contributed by atoms with E-state index >= 15 is 0 Å².